The zero-order valence-corrected chi connectivity index (χ0v) is 14.1. The summed E-state index contributed by atoms with van der Waals surface area (Å²) in [7, 11) is 0. The van der Waals surface area contributed by atoms with Gasteiger partial charge in [-0.1, -0.05) is 6.07 Å². The summed E-state index contributed by atoms with van der Waals surface area (Å²) < 4.78 is 20.8. The van der Waals surface area contributed by atoms with Crippen molar-refractivity contribution in [3.63, 3.8) is 0 Å². The molecule has 6 nitrogen and oxygen atoms in total. The van der Waals surface area contributed by atoms with Crippen molar-refractivity contribution >= 4 is 5.82 Å². The second-order valence-corrected chi connectivity index (χ2v) is 7.46. The molecule has 2 aromatic rings. The number of benzene rings is 1. The predicted octanol–water partition coefficient (Wildman–Crippen LogP) is 2.21. The van der Waals surface area contributed by atoms with E-state index in [2.05, 4.69) is 9.88 Å². The normalized spacial score (nSPS) is 25.1. The van der Waals surface area contributed by atoms with Crippen molar-refractivity contribution in [3.05, 3.63) is 51.7 Å². The number of hydrogen-bond donors (Lipinski definition) is 0. The minimum atomic E-state index is -0.556. The Balaban J connectivity index is 1.42. The molecule has 3 fully saturated rings. The molecule has 1 saturated carbocycles. The average molecular weight is 352 g/mol. The standard InChI is InChI=1S/C19H17FN4O2/c20-15-2-1-12(5-14(15)9-21)11-26-16-6-17-23(18(25)22-16)4-3-19-7-13(8-19)10-24(17)19/h1-2,5-6,13H,3-4,7-8,10-11H2. The van der Waals surface area contributed by atoms with Crippen molar-refractivity contribution in [1.82, 2.24) is 9.55 Å². The summed E-state index contributed by atoms with van der Waals surface area (Å²) in [5, 5.41) is 8.92. The molecule has 7 heteroatoms. The van der Waals surface area contributed by atoms with Crippen LogP contribution in [-0.2, 0) is 13.2 Å². The van der Waals surface area contributed by atoms with Gasteiger partial charge in [0.15, 0.2) is 0 Å². The topological polar surface area (TPSA) is 71.1 Å². The fraction of sp³-hybridized carbons (Fsp3) is 0.421. The second kappa shape index (κ2) is 5.31. The second-order valence-electron chi connectivity index (χ2n) is 7.46. The van der Waals surface area contributed by atoms with Gasteiger partial charge < -0.3 is 9.64 Å². The molecule has 2 bridgehead atoms. The molecule has 1 spiro atoms. The molecule has 6 rings (SSSR count). The van der Waals surface area contributed by atoms with Gasteiger partial charge in [0, 0.05) is 24.7 Å². The van der Waals surface area contributed by atoms with Crippen LogP contribution in [0.2, 0.25) is 0 Å². The summed E-state index contributed by atoms with van der Waals surface area (Å²) in [4.78, 5) is 18.8. The first-order chi connectivity index (χ1) is 12.6. The third-order valence-corrected chi connectivity index (χ3v) is 5.93. The van der Waals surface area contributed by atoms with Crippen molar-refractivity contribution in [3.8, 4) is 11.9 Å². The number of rotatable bonds is 3. The number of nitrogens with zero attached hydrogens (tertiary/aromatic N) is 4. The van der Waals surface area contributed by atoms with Gasteiger partial charge in [-0.25, -0.2) is 9.18 Å². The Labute approximate surface area is 149 Å². The fourth-order valence-electron chi connectivity index (χ4n) is 4.70. The van der Waals surface area contributed by atoms with Gasteiger partial charge in [0.25, 0.3) is 0 Å². The molecule has 26 heavy (non-hydrogen) atoms. The fourth-order valence-corrected chi connectivity index (χ4v) is 4.70. The first kappa shape index (κ1) is 15.4. The van der Waals surface area contributed by atoms with Crippen LogP contribution in [-0.4, -0.2) is 21.6 Å². The van der Waals surface area contributed by atoms with Gasteiger partial charge in [0.05, 0.1) is 5.56 Å². The number of ether oxygens (including phenoxy) is 1. The maximum atomic E-state index is 13.4. The van der Waals surface area contributed by atoms with E-state index in [0.717, 1.165) is 24.7 Å². The first-order valence-electron chi connectivity index (χ1n) is 8.79. The van der Waals surface area contributed by atoms with Crippen LogP contribution in [0.15, 0.2) is 29.1 Å². The Morgan fingerprint density at radius 2 is 2.23 bits per heavy atom. The Morgan fingerprint density at radius 3 is 3.04 bits per heavy atom. The number of anilines is 1. The molecule has 4 aliphatic rings. The highest BCUT2D eigenvalue weighted by atomic mass is 19.1. The number of nitriles is 1. The van der Waals surface area contributed by atoms with E-state index in [1.54, 1.807) is 10.6 Å². The van der Waals surface area contributed by atoms with E-state index < -0.39 is 5.82 Å². The molecule has 3 aliphatic heterocycles. The van der Waals surface area contributed by atoms with E-state index in [4.69, 9.17) is 10.00 Å². The molecule has 0 amide bonds. The van der Waals surface area contributed by atoms with Gasteiger partial charge in [0.1, 0.15) is 24.3 Å². The average Bonchev–Trinajstić information content (AvgIpc) is 3.17. The van der Waals surface area contributed by atoms with Crippen LogP contribution < -0.4 is 15.3 Å². The molecule has 0 unspecified atom stereocenters. The van der Waals surface area contributed by atoms with E-state index in [1.165, 1.54) is 25.0 Å². The highest BCUT2D eigenvalue weighted by Crippen LogP contribution is 2.55. The molecule has 132 valence electrons. The molecule has 2 saturated heterocycles. The van der Waals surface area contributed by atoms with E-state index in [-0.39, 0.29) is 29.3 Å². The van der Waals surface area contributed by atoms with Gasteiger partial charge in [-0.05, 0) is 42.9 Å². The lowest BCUT2D eigenvalue weighted by Gasteiger charge is -2.46. The van der Waals surface area contributed by atoms with Crippen LogP contribution in [0, 0.1) is 23.1 Å². The highest BCUT2D eigenvalue weighted by Gasteiger charge is 2.57. The van der Waals surface area contributed by atoms with Gasteiger partial charge in [-0.3, -0.25) is 4.57 Å². The summed E-state index contributed by atoms with van der Waals surface area (Å²) in [6.45, 7) is 1.82. The third-order valence-electron chi connectivity index (χ3n) is 5.93. The zero-order valence-electron chi connectivity index (χ0n) is 14.1. The van der Waals surface area contributed by atoms with Gasteiger partial charge >= 0.3 is 5.69 Å². The minimum Gasteiger partial charge on any atom is -0.473 e. The van der Waals surface area contributed by atoms with E-state index in [1.807, 2.05) is 12.1 Å². The number of fused-ring (bicyclic) bond motifs is 1. The molecule has 0 atom stereocenters. The van der Waals surface area contributed by atoms with Crippen LogP contribution in [0.25, 0.3) is 0 Å². The number of hydrogen-bond acceptors (Lipinski definition) is 5. The molecule has 4 heterocycles. The quantitative estimate of drug-likeness (QED) is 0.847. The maximum Gasteiger partial charge on any atom is 0.352 e. The van der Waals surface area contributed by atoms with Crippen molar-refractivity contribution < 1.29 is 9.13 Å². The number of halogens is 1. The molecular formula is C19H17FN4O2. The lowest BCUT2D eigenvalue weighted by atomic mass is 9.71. The number of aromatic nitrogens is 2. The summed E-state index contributed by atoms with van der Waals surface area (Å²) in [5.41, 5.74) is 0.563. The summed E-state index contributed by atoms with van der Waals surface area (Å²) in [6.07, 6.45) is 3.43. The Morgan fingerprint density at radius 1 is 1.38 bits per heavy atom. The van der Waals surface area contributed by atoms with Crippen molar-refractivity contribution in [2.45, 2.75) is 38.0 Å². The Bertz CT molecular complexity index is 1000. The predicted molar refractivity (Wildman–Crippen MR) is 91.4 cm³/mol. The van der Waals surface area contributed by atoms with E-state index in [9.17, 15) is 9.18 Å². The first-order valence-corrected chi connectivity index (χ1v) is 8.79. The van der Waals surface area contributed by atoms with Crippen molar-refractivity contribution in [2.75, 3.05) is 11.4 Å². The van der Waals surface area contributed by atoms with Crippen molar-refractivity contribution in [1.29, 1.82) is 5.26 Å². The van der Waals surface area contributed by atoms with E-state index >= 15 is 0 Å². The SMILES string of the molecule is N#Cc1cc(COc2cc3n(c(=O)n2)CCC24CC(CN32)C4)ccc1F. The molecule has 0 N–H and O–H groups in total. The molecule has 1 aromatic carbocycles. The Hall–Kier alpha value is -2.88. The molecule has 0 radical (unpaired) electrons. The minimum absolute atomic E-state index is 0.0247. The van der Waals surface area contributed by atoms with E-state index in [0.29, 0.717) is 12.1 Å². The molecule has 1 aliphatic carbocycles. The summed E-state index contributed by atoms with van der Waals surface area (Å²) in [6, 6.07) is 7.90. The van der Waals surface area contributed by atoms with Gasteiger partial charge in [-0.15, -0.1) is 0 Å². The van der Waals surface area contributed by atoms with Crippen LogP contribution in [0.3, 0.4) is 0 Å². The highest BCUT2D eigenvalue weighted by molar-refractivity contribution is 5.52. The zero-order chi connectivity index (χ0) is 17.9. The van der Waals surface area contributed by atoms with Gasteiger partial charge in [-0.2, -0.15) is 10.2 Å². The van der Waals surface area contributed by atoms with Gasteiger partial charge in [0.2, 0.25) is 5.88 Å². The van der Waals surface area contributed by atoms with Crippen LogP contribution in [0.1, 0.15) is 30.4 Å². The van der Waals surface area contributed by atoms with Crippen LogP contribution in [0.5, 0.6) is 5.88 Å². The summed E-state index contributed by atoms with van der Waals surface area (Å²) >= 11 is 0. The summed E-state index contributed by atoms with van der Waals surface area (Å²) in [5.74, 6) is 1.34. The largest absolute Gasteiger partial charge is 0.473 e. The lowest BCUT2D eigenvalue weighted by Crippen LogP contribution is -2.52. The monoisotopic (exact) mass is 352 g/mol. The lowest BCUT2D eigenvalue weighted by molar-refractivity contribution is 0.204. The van der Waals surface area contributed by atoms with Crippen molar-refractivity contribution in [2.24, 2.45) is 5.92 Å². The van der Waals surface area contributed by atoms with Crippen LogP contribution in [0.4, 0.5) is 10.2 Å². The molecule has 1 aromatic heterocycles. The third kappa shape index (κ3) is 2.15. The Kier molecular flexibility index (Phi) is 3.14. The molecular weight excluding hydrogens is 335 g/mol. The van der Waals surface area contributed by atoms with Crippen LogP contribution >= 0.6 is 0 Å². The maximum absolute atomic E-state index is 13.4. The smallest absolute Gasteiger partial charge is 0.352 e.